The van der Waals surface area contributed by atoms with E-state index in [1.54, 1.807) is 30.3 Å². The number of hydrogen-bond acceptors (Lipinski definition) is 5. The Morgan fingerprint density at radius 3 is 2.17 bits per heavy atom. The minimum atomic E-state index is -1.05. The van der Waals surface area contributed by atoms with Crippen LogP contribution in [0.1, 0.15) is 41.5 Å². The molecule has 0 bridgehead atoms. The van der Waals surface area contributed by atoms with Crippen LogP contribution in [-0.4, -0.2) is 35.7 Å². The van der Waals surface area contributed by atoms with E-state index in [1.165, 1.54) is 39.0 Å². The van der Waals surface area contributed by atoms with Crippen molar-refractivity contribution in [1.29, 1.82) is 0 Å². The minimum Gasteiger partial charge on any atom is -0.453 e. The van der Waals surface area contributed by atoms with Crippen LogP contribution in [0.15, 0.2) is 48.5 Å². The van der Waals surface area contributed by atoms with Crippen molar-refractivity contribution in [3.63, 3.8) is 0 Å². The fourth-order valence-corrected chi connectivity index (χ4v) is 2.69. The number of rotatable bonds is 7. The molecule has 7 nitrogen and oxygen atoms in total. The van der Waals surface area contributed by atoms with Gasteiger partial charge in [-0.05, 0) is 50.2 Å². The summed E-state index contributed by atoms with van der Waals surface area (Å²) in [6.07, 6.45) is -1.05. The first kappa shape index (κ1) is 22.1. The molecule has 0 unspecified atom stereocenters. The van der Waals surface area contributed by atoms with Crippen molar-refractivity contribution in [2.45, 2.75) is 32.9 Å². The summed E-state index contributed by atoms with van der Waals surface area (Å²) in [5.41, 5.74) is 1.11. The fourth-order valence-electron chi connectivity index (χ4n) is 2.46. The molecule has 0 heterocycles. The Balaban J connectivity index is 1.94. The number of amides is 2. The molecule has 8 heteroatoms. The summed E-state index contributed by atoms with van der Waals surface area (Å²) in [5.74, 6) is -1.90. The molecule has 29 heavy (non-hydrogen) atoms. The molecule has 0 aliphatic carbocycles. The normalized spacial score (nSPS) is 12.4. The van der Waals surface area contributed by atoms with Crippen molar-refractivity contribution < 1.29 is 23.9 Å². The maximum Gasteiger partial charge on any atom is 0.329 e. The van der Waals surface area contributed by atoms with E-state index in [1.807, 2.05) is 0 Å². The van der Waals surface area contributed by atoms with Gasteiger partial charge in [0.2, 0.25) is 11.7 Å². The van der Waals surface area contributed by atoms with E-state index < -0.39 is 29.8 Å². The van der Waals surface area contributed by atoms with Gasteiger partial charge in [0.25, 0.3) is 5.91 Å². The second-order valence-corrected chi connectivity index (χ2v) is 6.78. The van der Waals surface area contributed by atoms with Crippen molar-refractivity contribution >= 4 is 40.9 Å². The van der Waals surface area contributed by atoms with Gasteiger partial charge in [-0.15, -0.1) is 0 Å². The van der Waals surface area contributed by atoms with Gasteiger partial charge in [-0.25, -0.2) is 4.79 Å². The van der Waals surface area contributed by atoms with E-state index in [-0.39, 0.29) is 16.5 Å². The maximum atomic E-state index is 12.5. The predicted octanol–water partition coefficient (Wildman–Crippen LogP) is 3.23. The largest absolute Gasteiger partial charge is 0.453 e. The van der Waals surface area contributed by atoms with Gasteiger partial charge >= 0.3 is 5.97 Å². The molecule has 0 aliphatic rings. The Morgan fingerprint density at radius 1 is 0.966 bits per heavy atom. The van der Waals surface area contributed by atoms with Crippen LogP contribution in [0.3, 0.4) is 0 Å². The Bertz CT molecular complexity index is 927. The molecule has 0 saturated carbocycles. The number of esters is 1. The van der Waals surface area contributed by atoms with E-state index in [9.17, 15) is 19.2 Å². The number of hydrogen-bond donors (Lipinski definition) is 2. The van der Waals surface area contributed by atoms with Crippen molar-refractivity contribution in [3.05, 3.63) is 64.7 Å². The van der Waals surface area contributed by atoms with Crippen LogP contribution in [0.2, 0.25) is 5.02 Å². The third kappa shape index (κ3) is 6.15. The summed E-state index contributed by atoms with van der Waals surface area (Å²) in [7, 11) is 0. The highest BCUT2D eigenvalue weighted by molar-refractivity contribution is 6.33. The average molecular weight is 417 g/mol. The molecule has 0 fully saturated rings. The van der Waals surface area contributed by atoms with Crippen LogP contribution in [0, 0.1) is 0 Å². The number of nitrogens with one attached hydrogen (secondary N) is 2. The summed E-state index contributed by atoms with van der Waals surface area (Å²) < 4.78 is 5.18. The molecule has 0 saturated heterocycles. The first-order valence-electron chi connectivity index (χ1n) is 8.86. The number of benzene rings is 2. The molecule has 2 amide bonds. The highest BCUT2D eigenvalue weighted by atomic mass is 35.5. The topological polar surface area (TPSA) is 102 Å². The van der Waals surface area contributed by atoms with Gasteiger partial charge in [-0.3, -0.25) is 14.4 Å². The molecule has 0 spiro atoms. The summed E-state index contributed by atoms with van der Waals surface area (Å²) in [4.78, 5) is 48.0. The number of Topliss-reactive ketones (excluding diaryl/α,β-unsaturated/α-hetero) is 1. The lowest BCUT2D eigenvalue weighted by Gasteiger charge is -2.17. The monoisotopic (exact) mass is 416 g/mol. The number of halogens is 1. The highest BCUT2D eigenvalue weighted by Crippen LogP contribution is 2.15. The maximum absolute atomic E-state index is 12.5. The Hall–Kier alpha value is -3.19. The third-order valence-electron chi connectivity index (χ3n) is 3.97. The predicted molar refractivity (Wildman–Crippen MR) is 109 cm³/mol. The molecule has 2 rings (SSSR count). The average Bonchev–Trinajstić information content (AvgIpc) is 2.67. The molecule has 2 aromatic rings. The third-order valence-corrected chi connectivity index (χ3v) is 4.30. The number of carbonyl (C=O) groups is 4. The minimum absolute atomic E-state index is 0.223. The number of ketones is 1. The number of anilines is 1. The molecular weight excluding hydrogens is 396 g/mol. The molecule has 0 radical (unpaired) electrons. The summed E-state index contributed by atoms with van der Waals surface area (Å²) >= 11 is 5.97. The molecule has 0 aliphatic heterocycles. The van der Waals surface area contributed by atoms with Crippen molar-refractivity contribution in [2.24, 2.45) is 0 Å². The molecule has 152 valence electrons. The van der Waals surface area contributed by atoms with Crippen LogP contribution >= 0.6 is 11.6 Å². The molecule has 2 aromatic carbocycles. The van der Waals surface area contributed by atoms with Gasteiger partial charge in [0, 0.05) is 18.2 Å². The van der Waals surface area contributed by atoms with Crippen LogP contribution in [0.5, 0.6) is 0 Å². The number of ether oxygens (including phenoxy) is 1. The first-order valence-corrected chi connectivity index (χ1v) is 9.24. The lowest BCUT2D eigenvalue weighted by Crippen LogP contribution is -2.41. The van der Waals surface area contributed by atoms with E-state index >= 15 is 0 Å². The van der Waals surface area contributed by atoms with E-state index in [0.717, 1.165) is 0 Å². The van der Waals surface area contributed by atoms with Crippen molar-refractivity contribution in [3.8, 4) is 0 Å². The Kier molecular flexibility index (Phi) is 7.50. The van der Waals surface area contributed by atoms with Gasteiger partial charge in [0.15, 0.2) is 6.10 Å². The van der Waals surface area contributed by atoms with Crippen LogP contribution in [0.25, 0.3) is 0 Å². The second kappa shape index (κ2) is 9.84. The van der Waals surface area contributed by atoms with E-state index in [2.05, 4.69) is 10.6 Å². The smallest absolute Gasteiger partial charge is 0.329 e. The Morgan fingerprint density at radius 2 is 1.59 bits per heavy atom. The Labute approximate surface area is 173 Å². The van der Waals surface area contributed by atoms with Crippen molar-refractivity contribution in [2.75, 3.05) is 5.32 Å². The number of carbonyl (C=O) groups excluding carboxylic acids is 4. The molecule has 2 atom stereocenters. The van der Waals surface area contributed by atoms with Gasteiger partial charge in [0.05, 0.1) is 10.6 Å². The van der Waals surface area contributed by atoms with Gasteiger partial charge < -0.3 is 15.4 Å². The molecule has 2 N–H and O–H groups in total. The SMILES string of the molecule is CC(=O)Nc1ccc(C(=O)[C@H](C)OC(=O)[C@H](C)NC(=O)c2ccccc2Cl)cc1. The standard InChI is InChI=1S/C21H21ClN2O5/c1-12(23-20(27)17-6-4-5-7-18(17)22)21(28)29-13(2)19(26)15-8-10-16(11-9-15)24-14(3)25/h4-13H,1-3H3,(H,23,27)(H,24,25)/t12-,13-/m0/s1. The van der Waals surface area contributed by atoms with Crippen LogP contribution in [0.4, 0.5) is 5.69 Å². The second-order valence-electron chi connectivity index (χ2n) is 6.38. The lowest BCUT2D eigenvalue weighted by molar-refractivity contribution is -0.148. The zero-order valence-electron chi connectivity index (χ0n) is 16.2. The van der Waals surface area contributed by atoms with E-state index in [0.29, 0.717) is 11.3 Å². The van der Waals surface area contributed by atoms with Gasteiger partial charge in [-0.2, -0.15) is 0 Å². The van der Waals surface area contributed by atoms with Gasteiger partial charge in [0.1, 0.15) is 6.04 Å². The molecule has 0 aromatic heterocycles. The van der Waals surface area contributed by atoms with Crippen LogP contribution in [-0.2, 0) is 14.3 Å². The zero-order chi connectivity index (χ0) is 21.6. The van der Waals surface area contributed by atoms with Crippen LogP contribution < -0.4 is 10.6 Å². The van der Waals surface area contributed by atoms with Gasteiger partial charge in [-0.1, -0.05) is 23.7 Å². The fraction of sp³-hybridized carbons (Fsp3) is 0.238. The summed E-state index contributed by atoms with van der Waals surface area (Å²) in [5, 5.41) is 5.36. The first-order chi connectivity index (χ1) is 13.7. The zero-order valence-corrected chi connectivity index (χ0v) is 16.9. The highest BCUT2D eigenvalue weighted by Gasteiger charge is 2.24. The summed E-state index contributed by atoms with van der Waals surface area (Å²) in [6, 6.07) is 11.7. The van der Waals surface area contributed by atoms with Crippen molar-refractivity contribution in [1.82, 2.24) is 5.32 Å². The summed E-state index contributed by atoms with van der Waals surface area (Å²) in [6.45, 7) is 4.29. The molecular formula is C21H21ClN2O5. The quantitative estimate of drug-likeness (QED) is 0.533. The van der Waals surface area contributed by atoms with E-state index in [4.69, 9.17) is 16.3 Å². The lowest BCUT2D eigenvalue weighted by atomic mass is 10.1.